The lowest BCUT2D eigenvalue weighted by molar-refractivity contribution is -0.125. The van der Waals surface area contributed by atoms with Crippen molar-refractivity contribution in [2.45, 2.75) is 57.9 Å². The van der Waals surface area contributed by atoms with Crippen molar-refractivity contribution >= 4 is 17.2 Å². The van der Waals surface area contributed by atoms with Crippen molar-refractivity contribution in [3.8, 4) is 10.6 Å². The molecule has 4 heteroatoms. The smallest absolute Gasteiger partial charge is 0.226 e. The van der Waals surface area contributed by atoms with Crippen LogP contribution in [-0.2, 0) is 11.2 Å². The average Bonchev–Trinajstić information content (AvgIpc) is 3.09. The molecule has 0 spiro atoms. The molecule has 4 fully saturated rings. The number of rotatable bonds is 5. The van der Waals surface area contributed by atoms with E-state index in [1.165, 1.54) is 38.5 Å². The molecule has 0 radical (unpaired) electrons. The van der Waals surface area contributed by atoms with Crippen molar-refractivity contribution in [3.63, 3.8) is 0 Å². The zero-order chi connectivity index (χ0) is 18.4. The van der Waals surface area contributed by atoms with Crippen molar-refractivity contribution in [1.82, 2.24) is 10.3 Å². The molecule has 6 rings (SSSR count). The summed E-state index contributed by atoms with van der Waals surface area (Å²) in [4.78, 5) is 17.4. The number of benzene rings is 1. The van der Waals surface area contributed by atoms with Crippen LogP contribution in [0.25, 0.3) is 10.6 Å². The molecule has 4 aliphatic carbocycles. The predicted molar refractivity (Wildman–Crippen MR) is 109 cm³/mol. The zero-order valence-corrected chi connectivity index (χ0v) is 16.8. The monoisotopic (exact) mass is 380 g/mol. The van der Waals surface area contributed by atoms with Gasteiger partial charge in [-0.1, -0.05) is 30.3 Å². The largest absolute Gasteiger partial charge is 0.353 e. The molecule has 1 aromatic heterocycles. The van der Waals surface area contributed by atoms with E-state index in [9.17, 15) is 4.79 Å². The third-order valence-electron chi connectivity index (χ3n) is 7.30. The second kappa shape index (κ2) is 6.73. The van der Waals surface area contributed by atoms with Crippen LogP contribution in [0.5, 0.6) is 0 Å². The molecule has 1 heterocycles. The summed E-state index contributed by atoms with van der Waals surface area (Å²) in [5.41, 5.74) is 2.37. The van der Waals surface area contributed by atoms with Gasteiger partial charge >= 0.3 is 0 Å². The van der Waals surface area contributed by atoms with Gasteiger partial charge in [-0.25, -0.2) is 4.98 Å². The Hall–Kier alpha value is -1.68. The Balaban J connectivity index is 1.23. The summed E-state index contributed by atoms with van der Waals surface area (Å²) in [5, 5.41) is 6.38. The fourth-order valence-corrected chi connectivity index (χ4v) is 7.25. The highest BCUT2D eigenvalue weighted by molar-refractivity contribution is 7.13. The van der Waals surface area contributed by atoms with E-state index < -0.39 is 0 Å². The first-order valence-corrected chi connectivity index (χ1v) is 11.3. The third-order valence-corrected chi connectivity index (χ3v) is 8.24. The van der Waals surface area contributed by atoms with Crippen LogP contribution in [0.2, 0.25) is 0 Å². The minimum Gasteiger partial charge on any atom is -0.353 e. The van der Waals surface area contributed by atoms with Crippen molar-refractivity contribution in [2.75, 3.05) is 0 Å². The molecule has 4 aliphatic rings. The zero-order valence-electron chi connectivity index (χ0n) is 16.0. The first-order chi connectivity index (χ1) is 13.1. The number of hydrogen-bond donors (Lipinski definition) is 1. The molecule has 0 aliphatic heterocycles. The number of nitrogens with zero attached hydrogens (tertiary/aromatic N) is 1. The first kappa shape index (κ1) is 17.4. The van der Waals surface area contributed by atoms with Gasteiger partial charge in [-0.2, -0.15) is 0 Å². The van der Waals surface area contributed by atoms with Gasteiger partial charge in [0.2, 0.25) is 5.91 Å². The van der Waals surface area contributed by atoms with Gasteiger partial charge in [-0.15, -0.1) is 11.3 Å². The molecule has 2 aromatic rings. The fraction of sp³-hybridized carbons (Fsp3) is 0.565. The highest BCUT2D eigenvalue weighted by atomic mass is 32.1. The highest BCUT2D eigenvalue weighted by Crippen LogP contribution is 2.61. The third kappa shape index (κ3) is 3.33. The Morgan fingerprint density at radius 3 is 2.41 bits per heavy atom. The lowest BCUT2D eigenvalue weighted by Gasteiger charge is -2.59. The second-order valence-corrected chi connectivity index (χ2v) is 10.1. The van der Waals surface area contributed by atoms with Crippen LogP contribution >= 0.6 is 11.3 Å². The van der Waals surface area contributed by atoms with E-state index in [1.807, 2.05) is 23.6 Å². The van der Waals surface area contributed by atoms with Crippen molar-refractivity contribution in [3.05, 3.63) is 41.4 Å². The molecule has 27 heavy (non-hydrogen) atoms. The van der Waals surface area contributed by atoms with E-state index in [-0.39, 0.29) is 11.9 Å². The van der Waals surface area contributed by atoms with Crippen molar-refractivity contribution in [2.24, 2.45) is 23.2 Å². The summed E-state index contributed by atoms with van der Waals surface area (Å²) < 4.78 is 0. The highest BCUT2D eigenvalue weighted by Gasteiger charge is 2.53. The van der Waals surface area contributed by atoms with Gasteiger partial charge in [-0.05, 0) is 68.6 Å². The van der Waals surface area contributed by atoms with E-state index in [2.05, 4.69) is 29.4 Å². The van der Waals surface area contributed by atoms with Gasteiger partial charge in [0.1, 0.15) is 5.01 Å². The Kier molecular flexibility index (Phi) is 4.34. The number of hydrogen-bond acceptors (Lipinski definition) is 3. The van der Waals surface area contributed by atoms with E-state index in [4.69, 9.17) is 0 Å². The number of carbonyl (C=O) groups is 1. The van der Waals surface area contributed by atoms with Crippen LogP contribution in [0, 0.1) is 23.2 Å². The summed E-state index contributed by atoms with van der Waals surface area (Å²) in [7, 11) is 0. The summed E-state index contributed by atoms with van der Waals surface area (Å²) >= 11 is 1.62. The summed E-state index contributed by atoms with van der Waals surface area (Å²) in [6, 6.07) is 10.5. The molecular weight excluding hydrogens is 352 g/mol. The molecule has 3 nitrogen and oxygen atoms in total. The van der Waals surface area contributed by atoms with Gasteiger partial charge in [0.15, 0.2) is 0 Å². The molecule has 1 aromatic carbocycles. The molecule has 4 bridgehead atoms. The van der Waals surface area contributed by atoms with Gasteiger partial charge in [-0.3, -0.25) is 4.79 Å². The molecule has 4 saturated carbocycles. The van der Waals surface area contributed by atoms with Crippen LogP contribution in [0.15, 0.2) is 35.7 Å². The minimum absolute atomic E-state index is 0.128. The van der Waals surface area contributed by atoms with Gasteiger partial charge in [0.25, 0.3) is 0 Å². The predicted octanol–water partition coefficient (Wildman–Crippen LogP) is 5.07. The first-order valence-electron chi connectivity index (χ1n) is 10.4. The standard InChI is InChI=1S/C23H28N2OS/c1-15(23-11-16-7-17(12-23)9-18(8-16)13-23)24-21(26)10-20-14-27-22(25-20)19-5-3-2-4-6-19/h2-6,14-18H,7-13H2,1H3,(H,24,26)/t15-,16?,17?,18?,23?/m1/s1. The second-order valence-electron chi connectivity index (χ2n) is 9.26. The van der Waals surface area contributed by atoms with Gasteiger partial charge in [0, 0.05) is 17.0 Å². The quantitative estimate of drug-likeness (QED) is 0.786. The SMILES string of the molecule is C[C@@H](NC(=O)Cc1csc(-c2ccccc2)n1)C12CC3CC(CC(C3)C1)C2. The Labute approximate surface area is 165 Å². The maximum atomic E-state index is 12.7. The minimum atomic E-state index is 0.128. The Morgan fingerprint density at radius 1 is 1.15 bits per heavy atom. The van der Waals surface area contributed by atoms with Crippen LogP contribution in [0.4, 0.5) is 0 Å². The number of thiazole rings is 1. The van der Waals surface area contributed by atoms with E-state index >= 15 is 0 Å². The maximum absolute atomic E-state index is 12.7. The van der Waals surface area contributed by atoms with Crippen LogP contribution < -0.4 is 5.32 Å². The number of carbonyl (C=O) groups excluding carboxylic acids is 1. The average molecular weight is 381 g/mol. The normalized spacial score (nSPS) is 32.4. The van der Waals surface area contributed by atoms with E-state index in [0.29, 0.717) is 11.8 Å². The van der Waals surface area contributed by atoms with Crippen molar-refractivity contribution < 1.29 is 4.79 Å². The Bertz CT molecular complexity index is 793. The summed E-state index contributed by atoms with van der Waals surface area (Å²) in [6.07, 6.45) is 8.71. The van der Waals surface area contributed by atoms with Crippen LogP contribution in [-0.4, -0.2) is 16.9 Å². The maximum Gasteiger partial charge on any atom is 0.226 e. The van der Waals surface area contributed by atoms with Gasteiger partial charge < -0.3 is 5.32 Å². The van der Waals surface area contributed by atoms with Crippen molar-refractivity contribution in [1.29, 1.82) is 0 Å². The summed E-state index contributed by atoms with van der Waals surface area (Å²) in [6.45, 7) is 2.25. The molecule has 1 atom stereocenters. The van der Waals surface area contributed by atoms with Crippen LogP contribution in [0.3, 0.4) is 0 Å². The molecule has 142 valence electrons. The Morgan fingerprint density at radius 2 is 1.78 bits per heavy atom. The number of amides is 1. The lowest BCUT2D eigenvalue weighted by atomic mass is 9.48. The van der Waals surface area contributed by atoms with E-state index in [1.54, 1.807) is 11.3 Å². The molecular formula is C23H28N2OS. The summed E-state index contributed by atoms with van der Waals surface area (Å²) in [5.74, 6) is 2.89. The molecule has 0 saturated heterocycles. The van der Waals surface area contributed by atoms with Crippen LogP contribution in [0.1, 0.15) is 51.1 Å². The molecule has 1 amide bonds. The van der Waals surface area contributed by atoms with E-state index in [0.717, 1.165) is 34.0 Å². The fourth-order valence-electron chi connectivity index (χ4n) is 6.42. The topological polar surface area (TPSA) is 42.0 Å². The van der Waals surface area contributed by atoms with Gasteiger partial charge in [0.05, 0.1) is 12.1 Å². The number of nitrogens with one attached hydrogen (secondary N) is 1. The molecule has 1 N–H and O–H groups in total. The lowest BCUT2D eigenvalue weighted by Crippen LogP contribution is -2.56. The molecule has 0 unspecified atom stereocenters. The number of aromatic nitrogens is 1.